The lowest BCUT2D eigenvalue weighted by atomic mass is 9.47. The summed E-state index contributed by atoms with van der Waals surface area (Å²) in [5.74, 6) is 2.34. The van der Waals surface area contributed by atoms with Crippen LogP contribution in [0.25, 0.3) is 6.20 Å². The van der Waals surface area contributed by atoms with Gasteiger partial charge in [-0.3, -0.25) is 9.59 Å². The molecule has 4 saturated carbocycles. The van der Waals surface area contributed by atoms with E-state index in [0.29, 0.717) is 54.4 Å². The lowest BCUT2D eigenvalue weighted by Gasteiger charge is -2.60. The van der Waals surface area contributed by atoms with Crippen molar-refractivity contribution < 1.29 is 23.9 Å². The summed E-state index contributed by atoms with van der Waals surface area (Å²) < 4.78 is 12.3. The van der Waals surface area contributed by atoms with Gasteiger partial charge in [-0.15, -0.1) is 0 Å². The van der Waals surface area contributed by atoms with Gasteiger partial charge in [-0.05, 0) is 81.1 Å². The van der Waals surface area contributed by atoms with Gasteiger partial charge in [0.15, 0.2) is 0 Å². The van der Waals surface area contributed by atoms with E-state index in [2.05, 4.69) is 15.7 Å². The van der Waals surface area contributed by atoms with Gasteiger partial charge in [-0.2, -0.15) is 5.10 Å². The number of carbonyl (C=O) groups is 3. The predicted octanol–water partition coefficient (Wildman–Crippen LogP) is 4.82. The third kappa shape index (κ3) is 6.24. The highest BCUT2D eigenvalue weighted by molar-refractivity contribution is 5.96. The molecule has 4 bridgehead atoms. The summed E-state index contributed by atoms with van der Waals surface area (Å²) >= 11 is 0. The van der Waals surface area contributed by atoms with E-state index in [-0.39, 0.29) is 23.3 Å². The second kappa shape index (κ2) is 11.1. The van der Waals surface area contributed by atoms with E-state index in [1.165, 1.54) is 13.5 Å². The van der Waals surface area contributed by atoms with Crippen molar-refractivity contribution in [2.24, 2.45) is 29.1 Å². The van der Waals surface area contributed by atoms with E-state index < -0.39 is 11.6 Å². The number of hydrogen-bond donors (Lipinski definition) is 2. The van der Waals surface area contributed by atoms with Crippen LogP contribution in [0.5, 0.6) is 5.88 Å². The molecule has 9 nitrogen and oxygen atoms in total. The van der Waals surface area contributed by atoms with E-state index in [0.717, 1.165) is 25.7 Å². The third-order valence-electron chi connectivity index (χ3n) is 8.45. The van der Waals surface area contributed by atoms with Crippen molar-refractivity contribution in [2.75, 3.05) is 13.7 Å². The molecule has 0 radical (unpaired) electrons. The molecule has 2 unspecified atom stereocenters. The second-order valence-corrected chi connectivity index (χ2v) is 12.7. The molecule has 1 aromatic rings. The Morgan fingerprint density at radius 1 is 1.21 bits per heavy atom. The molecule has 1 heterocycles. The number of carbonyl (C=O) groups excluding carboxylic acids is 3. The summed E-state index contributed by atoms with van der Waals surface area (Å²) in [6, 6.07) is 0.115. The summed E-state index contributed by atoms with van der Waals surface area (Å²) in [5, 5.41) is 10.5. The van der Waals surface area contributed by atoms with Gasteiger partial charge in [0.1, 0.15) is 11.3 Å². The smallest absolute Gasteiger partial charge is 0.407 e. The molecule has 9 heteroatoms. The van der Waals surface area contributed by atoms with Crippen molar-refractivity contribution in [3.63, 3.8) is 0 Å². The van der Waals surface area contributed by atoms with Crippen LogP contribution in [0.2, 0.25) is 0 Å². The molecule has 5 rings (SSSR count). The van der Waals surface area contributed by atoms with Gasteiger partial charge in [-0.1, -0.05) is 20.8 Å². The first-order valence-corrected chi connectivity index (χ1v) is 14.0. The molecule has 1 aromatic heterocycles. The molecule has 4 aliphatic carbocycles. The maximum Gasteiger partial charge on any atom is 0.407 e. The Balaban J connectivity index is 1.51. The zero-order chi connectivity index (χ0) is 27.7. The first-order valence-electron chi connectivity index (χ1n) is 14.0. The summed E-state index contributed by atoms with van der Waals surface area (Å²) in [6.07, 6.45) is 11.3. The molecular formula is C29H44N4O5. The van der Waals surface area contributed by atoms with E-state index >= 15 is 0 Å². The van der Waals surface area contributed by atoms with Gasteiger partial charge in [0, 0.05) is 25.1 Å². The maximum absolute atomic E-state index is 13.6. The van der Waals surface area contributed by atoms with Gasteiger partial charge in [0.25, 0.3) is 5.91 Å². The highest BCUT2D eigenvalue weighted by Crippen LogP contribution is 2.61. The van der Waals surface area contributed by atoms with Crippen molar-refractivity contribution in [3.05, 3.63) is 17.8 Å². The van der Waals surface area contributed by atoms with Gasteiger partial charge in [0.05, 0.1) is 25.5 Å². The SMILES string of the molecule is CCC(=O)CC12CC3CC(C1)C(NC(=O)c1cnn(/C=C/C(C)(C)NC(=O)OC)c1OCC(C)C)C(C3)C2. The number of alkyl carbamates (subject to hydrolysis) is 1. The van der Waals surface area contributed by atoms with E-state index in [4.69, 9.17) is 9.47 Å². The molecule has 4 aliphatic rings. The largest absolute Gasteiger partial charge is 0.477 e. The number of ketones is 1. The Hall–Kier alpha value is -2.84. The summed E-state index contributed by atoms with van der Waals surface area (Å²) in [6.45, 7) is 10.2. The Labute approximate surface area is 226 Å². The van der Waals surface area contributed by atoms with Crippen molar-refractivity contribution in [3.8, 4) is 5.88 Å². The summed E-state index contributed by atoms with van der Waals surface area (Å²) in [7, 11) is 1.32. The number of rotatable bonds is 11. The average molecular weight is 529 g/mol. The van der Waals surface area contributed by atoms with Crippen LogP contribution in [0.4, 0.5) is 4.79 Å². The van der Waals surface area contributed by atoms with Gasteiger partial charge in [-0.25, -0.2) is 9.48 Å². The van der Waals surface area contributed by atoms with Crippen LogP contribution >= 0.6 is 0 Å². The van der Waals surface area contributed by atoms with Crippen LogP contribution in [0.15, 0.2) is 12.3 Å². The van der Waals surface area contributed by atoms with Gasteiger partial charge >= 0.3 is 6.09 Å². The fourth-order valence-electron chi connectivity index (χ4n) is 7.03. The predicted molar refractivity (Wildman–Crippen MR) is 145 cm³/mol. The highest BCUT2D eigenvalue weighted by Gasteiger charge is 2.56. The average Bonchev–Trinajstić information content (AvgIpc) is 3.25. The van der Waals surface area contributed by atoms with Crippen LogP contribution in [0.3, 0.4) is 0 Å². The van der Waals surface area contributed by atoms with Crippen LogP contribution in [0, 0.1) is 29.1 Å². The first-order chi connectivity index (χ1) is 17.9. The van der Waals surface area contributed by atoms with Crippen molar-refractivity contribution in [1.82, 2.24) is 20.4 Å². The van der Waals surface area contributed by atoms with Crippen LogP contribution in [-0.4, -0.2) is 52.9 Å². The zero-order valence-electron chi connectivity index (χ0n) is 23.7. The van der Waals surface area contributed by atoms with Crippen molar-refractivity contribution in [1.29, 1.82) is 0 Å². The van der Waals surface area contributed by atoms with Crippen LogP contribution in [-0.2, 0) is 9.53 Å². The van der Waals surface area contributed by atoms with E-state index in [1.54, 1.807) is 23.2 Å². The second-order valence-electron chi connectivity index (χ2n) is 12.7. The molecule has 38 heavy (non-hydrogen) atoms. The minimum absolute atomic E-state index is 0.115. The van der Waals surface area contributed by atoms with Gasteiger partial charge in [0.2, 0.25) is 5.88 Å². The summed E-state index contributed by atoms with van der Waals surface area (Å²) in [5.41, 5.74) is -0.165. The first kappa shape index (κ1) is 28.2. The molecule has 2 atom stereocenters. The highest BCUT2D eigenvalue weighted by atomic mass is 16.5. The Bertz CT molecular complexity index is 1060. The van der Waals surface area contributed by atoms with E-state index in [9.17, 15) is 14.4 Å². The normalized spacial score (nSPS) is 28.1. The maximum atomic E-state index is 13.6. The molecule has 0 saturated heterocycles. The molecule has 2 amide bonds. The third-order valence-corrected chi connectivity index (χ3v) is 8.45. The fraction of sp³-hybridized carbons (Fsp3) is 0.724. The van der Waals surface area contributed by atoms with Crippen LogP contribution in [0.1, 0.15) is 89.9 Å². The van der Waals surface area contributed by atoms with E-state index in [1.807, 2.05) is 34.6 Å². The number of aromatic nitrogens is 2. The monoisotopic (exact) mass is 528 g/mol. The minimum Gasteiger partial charge on any atom is -0.477 e. The fourth-order valence-corrected chi connectivity index (χ4v) is 7.03. The molecule has 2 N–H and O–H groups in total. The minimum atomic E-state index is -0.702. The summed E-state index contributed by atoms with van der Waals surface area (Å²) in [4.78, 5) is 37.6. The van der Waals surface area contributed by atoms with Crippen molar-refractivity contribution >= 4 is 24.0 Å². The number of amides is 2. The number of nitrogens with zero attached hydrogens (tertiary/aromatic N) is 2. The Kier molecular flexibility index (Phi) is 8.23. The number of Topliss-reactive ketones (excluding diaryl/α,β-unsaturated/α-hetero) is 1. The lowest BCUT2D eigenvalue weighted by Crippen LogP contribution is -2.59. The standard InChI is InChI=1S/C29H44N4O5/c1-7-22(34)15-29-12-19-10-20(13-29)24(21(11-19)14-29)31-25(35)23-16-30-33(26(23)38-17-18(2)3)9-8-28(4,5)32-27(36)37-6/h8-9,16,18-21,24H,7,10-15,17H2,1-6H3,(H,31,35)(H,32,36)/b9-8+. The molecule has 4 fully saturated rings. The molecule has 0 spiro atoms. The number of nitrogens with one attached hydrogen (secondary N) is 2. The number of hydrogen-bond acceptors (Lipinski definition) is 6. The molecule has 210 valence electrons. The molecule has 0 aromatic carbocycles. The zero-order valence-corrected chi connectivity index (χ0v) is 23.7. The Morgan fingerprint density at radius 2 is 1.89 bits per heavy atom. The topological polar surface area (TPSA) is 112 Å². The van der Waals surface area contributed by atoms with Crippen LogP contribution < -0.4 is 15.4 Å². The number of methoxy groups -OCH3 is 1. The molecular weight excluding hydrogens is 484 g/mol. The Morgan fingerprint density at radius 3 is 2.50 bits per heavy atom. The van der Waals surface area contributed by atoms with Crippen molar-refractivity contribution in [2.45, 2.75) is 91.1 Å². The van der Waals surface area contributed by atoms with Gasteiger partial charge < -0.3 is 20.1 Å². The molecule has 0 aliphatic heterocycles. The number of ether oxygens (including phenoxy) is 2. The quantitative estimate of drug-likeness (QED) is 0.426. The lowest BCUT2D eigenvalue weighted by molar-refractivity contribution is -0.129.